The minimum absolute atomic E-state index is 0.0112. The van der Waals surface area contributed by atoms with Gasteiger partial charge in [0, 0.05) is 0 Å². The standard InChI is InChI=1S/C46H74O19/c1-20(2)7-9-25(49)21(3)22-12-16-46(42(57)58)24-8-10-29-43(4,23(24)11-15-44(22,46)5)14-13-30(45(29,6)59)64-41-38(35(54)32(51)27(18-48)62-41)65-39-36(55)33(52)28(19-60-39)63-40-37(56)34(53)31(50)26(17-47)61-40/h7,21-22,25-41,47-56,59H,8-19H2,1-6H3,(H,57,58)/t21-,22+,25-,26+,27+,28-,29+,30-,31-,32-,33-,34-,35-,36+,37+,38+,39+,40-,41-,43+,44+,45+,46-/m0/s1. The summed E-state index contributed by atoms with van der Waals surface area (Å²) < 4.78 is 35.2. The van der Waals surface area contributed by atoms with Crippen LogP contribution >= 0.6 is 0 Å². The van der Waals surface area contributed by atoms with Gasteiger partial charge >= 0.3 is 5.97 Å². The first-order chi connectivity index (χ1) is 30.5. The first-order valence-electron chi connectivity index (χ1n) is 23.4. The molecule has 65 heavy (non-hydrogen) atoms. The normalized spacial score (nSPS) is 49.9. The third-order valence-electron chi connectivity index (χ3n) is 17.2. The second-order valence-corrected chi connectivity index (χ2v) is 20.9. The molecular formula is C46H74O19. The average Bonchev–Trinajstić information content (AvgIpc) is 3.59. The molecule has 0 aromatic carbocycles. The molecule has 0 bridgehead atoms. The summed E-state index contributed by atoms with van der Waals surface area (Å²) in [5, 5.41) is 130. The Kier molecular flexibility index (Phi) is 15.1. The van der Waals surface area contributed by atoms with E-state index in [2.05, 4.69) is 13.8 Å². The van der Waals surface area contributed by atoms with Crippen LogP contribution in [0.3, 0.4) is 0 Å². The van der Waals surface area contributed by atoms with Gasteiger partial charge in [-0.1, -0.05) is 43.6 Å². The van der Waals surface area contributed by atoms with Crippen LogP contribution in [0.15, 0.2) is 22.8 Å². The summed E-state index contributed by atoms with van der Waals surface area (Å²) in [5.74, 6) is -1.38. The van der Waals surface area contributed by atoms with Crippen molar-refractivity contribution >= 4 is 5.97 Å². The maximum atomic E-state index is 13.8. The van der Waals surface area contributed by atoms with Crippen molar-refractivity contribution in [2.24, 2.45) is 34.0 Å². The molecular weight excluding hydrogens is 856 g/mol. The lowest BCUT2D eigenvalue weighted by atomic mass is 9.44. The highest BCUT2D eigenvalue weighted by molar-refractivity contribution is 5.82. The molecule has 3 heterocycles. The monoisotopic (exact) mass is 930 g/mol. The summed E-state index contributed by atoms with van der Waals surface area (Å²) >= 11 is 0. The lowest BCUT2D eigenvalue weighted by molar-refractivity contribution is -0.380. The van der Waals surface area contributed by atoms with Crippen LogP contribution in [0.1, 0.15) is 99.3 Å². The summed E-state index contributed by atoms with van der Waals surface area (Å²) in [6, 6.07) is 0. The summed E-state index contributed by atoms with van der Waals surface area (Å²) in [4.78, 5) is 13.8. The molecule has 3 aliphatic heterocycles. The molecule has 4 aliphatic carbocycles. The summed E-state index contributed by atoms with van der Waals surface area (Å²) in [6.45, 7) is 9.95. The number of aliphatic hydroxyl groups is 11. The minimum atomic E-state index is -1.89. The maximum Gasteiger partial charge on any atom is 0.314 e. The fourth-order valence-electron chi connectivity index (χ4n) is 13.4. The van der Waals surface area contributed by atoms with Gasteiger partial charge in [0.15, 0.2) is 18.9 Å². The smallest absolute Gasteiger partial charge is 0.314 e. The molecule has 0 spiro atoms. The lowest BCUT2D eigenvalue weighted by Crippen LogP contribution is -2.66. The quantitative estimate of drug-likeness (QED) is 0.102. The van der Waals surface area contributed by atoms with Gasteiger partial charge in [-0.25, -0.2) is 0 Å². The van der Waals surface area contributed by atoms with Crippen LogP contribution in [0.4, 0.5) is 0 Å². The number of rotatable bonds is 13. The van der Waals surface area contributed by atoms with Crippen molar-refractivity contribution in [1.82, 2.24) is 0 Å². The van der Waals surface area contributed by atoms with Gasteiger partial charge in [0.25, 0.3) is 0 Å². The molecule has 12 N–H and O–H groups in total. The predicted octanol–water partition coefficient (Wildman–Crippen LogP) is -0.649. The second-order valence-electron chi connectivity index (χ2n) is 20.9. The second kappa shape index (κ2) is 19.2. The molecule has 7 aliphatic rings. The van der Waals surface area contributed by atoms with Crippen LogP contribution in [0.25, 0.3) is 0 Å². The molecule has 0 amide bonds. The SMILES string of the molecule is CC(C)=CC[C@H](O)[C@@H](C)[C@H]1CC[C@@]2(C(=O)O)C3=C(CC[C@]12C)[C@@]1(C)CC[C@H](O[C@@H]2O[C@H](CO)[C@H](O)[C@H](O)[C@H]2O[C@H]2OC[C@H](O[C@@H]4O[C@H](CO)[C@H](O)[C@H](O)[C@H]4O)[C@H](O)[C@H]2O)[C@](C)(O)[C@@H]1CC3. The predicted molar refractivity (Wildman–Crippen MR) is 225 cm³/mol. The number of allylic oxidation sites excluding steroid dienone is 2. The summed E-state index contributed by atoms with van der Waals surface area (Å²) in [5.41, 5.74) is -0.752. The summed E-state index contributed by atoms with van der Waals surface area (Å²) in [7, 11) is 0. The number of aliphatic carboxylic acids is 1. The molecule has 0 aromatic rings. The van der Waals surface area contributed by atoms with Gasteiger partial charge in [-0.15, -0.1) is 0 Å². The maximum absolute atomic E-state index is 13.8. The minimum Gasteiger partial charge on any atom is -0.481 e. The van der Waals surface area contributed by atoms with E-state index in [0.717, 1.165) is 16.7 Å². The van der Waals surface area contributed by atoms with E-state index in [1.807, 2.05) is 26.8 Å². The molecule has 19 heteroatoms. The van der Waals surface area contributed by atoms with Gasteiger partial charge in [0.05, 0.1) is 43.0 Å². The van der Waals surface area contributed by atoms with Crippen LogP contribution in [0.5, 0.6) is 0 Å². The van der Waals surface area contributed by atoms with E-state index in [1.54, 1.807) is 6.92 Å². The van der Waals surface area contributed by atoms with Crippen LogP contribution in [0, 0.1) is 34.0 Å². The van der Waals surface area contributed by atoms with E-state index in [1.165, 1.54) is 0 Å². The number of hydrogen-bond donors (Lipinski definition) is 12. The van der Waals surface area contributed by atoms with E-state index in [-0.39, 0.29) is 18.3 Å². The van der Waals surface area contributed by atoms with Crippen molar-refractivity contribution in [3.63, 3.8) is 0 Å². The molecule has 3 saturated heterocycles. The molecule has 23 atom stereocenters. The van der Waals surface area contributed by atoms with Crippen molar-refractivity contribution in [3.05, 3.63) is 22.8 Å². The largest absolute Gasteiger partial charge is 0.481 e. The van der Waals surface area contributed by atoms with Crippen molar-refractivity contribution in [3.8, 4) is 0 Å². The van der Waals surface area contributed by atoms with Crippen molar-refractivity contribution in [1.29, 1.82) is 0 Å². The van der Waals surface area contributed by atoms with Crippen LogP contribution in [-0.2, 0) is 33.2 Å². The van der Waals surface area contributed by atoms with Gasteiger partial charge in [0.1, 0.15) is 67.1 Å². The van der Waals surface area contributed by atoms with Gasteiger partial charge in [-0.05, 0) is 107 Å². The Hall–Kier alpha value is -1.73. The first-order valence-corrected chi connectivity index (χ1v) is 23.4. The Labute approximate surface area is 379 Å². The molecule has 0 aromatic heterocycles. The number of carboxylic acid groups (broad SMARTS) is 1. The van der Waals surface area contributed by atoms with Gasteiger partial charge in [-0.3, -0.25) is 4.79 Å². The van der Waals surface area contributed by atoms with Crippen LogP contribution < -0.4 is 0 Å². The molecule has 2 saturated carbocycles. The molecule has 5 fully saturated rings. The van der Waals surface area contributed by atoms with Crippen LogP contribution in [-0.4, -0.2) is 191 Å². The fourth-order valence-corrected chi connectivity index (χ4v) is 13.4. The van der Waals surface area contributed by atoms with Crippen molar-refractivity contribution < 1.29 is 94.5 Å². The number of carbonyl (C=O) groups is 1. The third kappa shape index (κ3) is 8.59. The Morgan fingerprint density at radius 3 is 2.02 bits per heavy atom. The van der Waals surface area contributed by atoms with Gasteiger partial charge in [0.2, 0.25) is 0 Å². The first kappa shape index (κ1) is 51.1. The van der Waals surface area contributed by atoms with Gasteiger partial charge < -0.3 is 89.7 Å². The van der Waals surface area contributed by atoms with Crippen LogP contribution in [0.2, 0.25) is 0 Å². The number of ether oxygens (including phenoxy) is 6. The molecule has 0 unspecified atom stereocenters. The highest BCUT2D eigenvalue weighted by Gasteiger charge is 2.69. The highest BCUT2D eigenvalue weighted by Crippen LogP contribution is 2.72. The zero-order chi connectivity index (χ0) is 47.7. The topological polar surface area (TPSA) is 315 Å². The lowest BCUT2D eigenvalue weighted by Gasteiger charge is -2.61. The van der Waals surface area contributed by atoms with E-state index in [4.69, 9.17) is 28.4 Å². The van der Waals surface area contributed by atoms with E-state index >= 15 is 0 Å². The number of fused-ring (bicyclic) bond motifs is 4. The Morgan fingerprint density at radius 2 is 1.38 bits per heavy atom. The number of hydrogen-bond acceptors (Lipinski definition) is 18. The summed E-state index contributed by atoms with van der Waals surface area (Å²) in [6.07, 6.45) is -17.9. The average molecular weight is 931 g/mol. The Morgan fingerprint density at radius 1 is 0.754 bits per heavy atom. The van der Waals surface area contributed by atoms with E-state index < -0.39 is 152 Å². The molecule has 372 valence electrons. The van der Waals surface area contributed by atoms with E-state index in [9.17, 15) is 66.1 Å². The van der Waals surface area contributed by atoms with Crippen molar-refractivity contribution in [2.75, 3.05) is 19.8 Å². The van der Waals surface area contributed by atoms with Gasteiger partial charge in [-0.2, -0.15) is 0 Å². The van der Waals surface area contributed by atoms with Crippen molar-refractivity contribution in [2.45, 2.75) is 203 Å². The molecule has 7 rings (SSSR count). The number of aliphatic hydroxyl groups excluding tert-OH is 10. The number of carboxylic acids is 1. The Balaban J connectivity index is 1.08. The zero-order valence-electron chi connectivity index (χ0n) is 38.3. The van der Waals surface area contributed by atoms with E-state index in [0.29, 0.717) is 51.4 Å². The Bertz CT molecular complexity index is 1750. The molecule has 19 nitrogen and oxygen atoms in total. The third-order valence-corrected chi connectivity index (χ3v) is 17.2. The highest BCUT2D eigenvalue weighted by atomic mass is 16.8. The molecule has 0 radical (unpaired) electrons. The fraction of sp³-hybridized carbons (Fsp3) is 0.891. The zero-order valence-corrected chi connectivity index (χ0v) is 38.3.